The zero-order valence-electron chi connectivity index (χ0n) is 6.43. The highest BCUT2D eigenvalue weighted by molar-refractivity contribution is 8.04. The van der Waals surface area contributed by atoms with Crippen molar-refractivity contribution in [3.05, 3.63) is 0 Å². The molecule has 0 amide bonds. The molecule has 1 N–H and O–H groups in total. The summed E-state index contributed by atoms with van der Waals surface area (Å²) in [7, 11) is 0. The van der Waals surface area contributed by atoms with E-state index in [9.17, 15) is 0 Å². The molecule has 1 fully saturated rings. The molecule has 0 aromatic carbocycles. The number of rotatable bonds is 4. The molecule has 10 heavy (non-hydrogen) atoms. The van der Waals surface area contributed by atoms with Crippen LogP contribution in [0.1, 0.15) is 19.8 Å². The van der Waals surface area contributed by atoms with Crippen molar-refractivity contribution in [3.8, 4) is 0 Å². The maximum atomic E-state index is 3.44. The van der Waals surface area contributed by atoms with E-state index in [2.05, 4.69) is 24.0 Å². The van der Waals surface area contributed by atoms with Gasteiger partial charge in [0.05, 0.1) is 5.37 Å². The van der Waals surface area contributed by atoms with Crippen LogP contribution in [0.5, 0.6) is 0 Å². The van der Waals surface area contributed by atoms with Gasteiger partial charge in [-0.3, -0.25) is 5.32 Å². The second-order valence-electron chi connectivity index (χ2n) is 2.43. The molecule has 1 aliphatic heterocycles. The van der Waals surface area contributed by atoms with Gasteiger partial charge >= 0.3 is 0 Å². The summed E-state index contributed by atoms with van der Waals surface area (Å²) in [5.41, 5.74) is 0. The predicted octanol–water partition coefficient (Wildman–Crippen LogP) is 2.14. The van der Waals surface area contributed by atoms with E-state index in [0.29, 0.717) is 0 Å². The first-order chi connectivity index (χ1) is 4.93. The highest BCUT2D eigenvalue weighted by Crippen LogP contribution is 2.20. The minimum Gasteiger partial charge on any atom is -0.296 e. The molecule has 60 valence electrons. The van der Waals surface area contributed by atoms with Gasteiger partial charge in [-0.2, -0.15) is 0 Å². The average molecular weight is 177 g/mol. The lowest BCUT2D eigenvalue weighted by atomic mass is 10.4. The molecule has 1 nitrogen and oxygen atoms in total. The third-order valence-corrected chi connectivity index (χ3v) is 3.91. The molecule has 0 aliphatic carbocycles. The summed E-state index contributed by atoms with van der Waals surface area (Å²) in [6.45, 7) is 2.25. The Morgan fingerprint density at radius 1 is 1.70 bits per heavy atom. The van der Waals surface area contributed by atoms with E-state index in [-0.39, 0.29) is 0 Å². The molecule has 0 aromatic rings. The van der Waals surface area contributed by atoms with Crippen molar-refractivity contribution in [2.24, 2.45) is 0 Å². The van der Waals surface area contributed by atoms with Gasteiger partial charge in [0.1, 0.15) is 0 Å². The fraction of sp³-hybridized carbons (Fsp3) is 1.00. The number of hydrogen-bond acceptors (Lipinski definition) is 3. The molecular weight excluding hydrogens is 162 g/mol. The van der Waals surface area contributed by atoms with Crippen LogP contribution in [0.4, 0.5) is 0 Å². The summed E-state index contributed by atoms with van der Waals surface area (Å²) in [4.78, 5) is 0. The Hall–Kier alpha value is 0.660. The van der Waals surface area contributed by atoms with Gasteiger partial charge in [0.2, 0.25) is 0 Å². The monoisotopic (exact) mass is 177 g/mol. The Kier molecular flexibility index (Phi) is 4.66. The second-order valence-corrected chi connectivity index (χ2v) is 4.77. The van der Waals surface area contributed by atoms with Crippen LogP contribution in [-0.4, -0.2) is 22.8 Å². The van der Waals surface area contributed by atoms with Crippen LogP contribution in [0.3, 0.4) is 0 Å². The summed E-state index contributed by atoms with van der Waals surface area (Å²) in [6.07, 6.45) is 2.69. The van der Waals surface area contributed by atoms with Crippen LogP contribution < -0.4 is 5.32 Å². The van der Waals surface area contributed by atoms with Crippen LogP contribution in [-0.2, 0) is 0 Å². The van der Waals surface area contributed by atoms with Crippen molar-refractivity contribution in [1.29, 1.82) is 0 Å². The fourth-order valence-electron chi connectivity index (χ4n) is 0.854. The lowest BCUT2D eigenvalue weighted by Crippen LogP contribution is -2.19. The molecule has 0 radical (unpaired) electrons. The SMILES string of the molecule is CCCCSC1CSCN1. The van der Waals surface area contributed by atoms with Crippen LogP contribution in [0, 0.1) is 0 Å². The molecule has 0 bridgehead atoms. The quantitative estimate of drug-likeness (QED) is 0.661. The topological polar surface area (TPSA) is 12.0 Å². The van der Waals surface area contributed by atoms with Gasteiger partial charge < -0.3 is 0 Å². The van der Waals surface area contributed by atoms with Crippen molar-refractivity contribution in [2.75, 3.05) is 17.4 Å². The molecule has 1 atom stereocenters. The van der Waals surface area contributed by atoms with Crippen LogP contribution in [0.15, 0.2) is 0 Å². The van der Waals surface area contributed by atoms with Crippen LogP contribution in [0.2, 0.25) is 0 Å². The fourth-order valence-corrected chi connectivity index (χ4v) is 3.34. The maximum absolute atomic E-state index is 3.44. The van der Waals surface area contributed by atoms with Crippen molar-refractivity contribution >= 4 is 23.5 Å². The normalized spacial score (nSPS) is 25.5. The van der Waals surface area contributed by atoms with E-state index in [0.717, 1.165) is 11.3 Å². The summed E-state index contributed by atoms with van der Waals surface area (Å²) in [6, 6.07) is 0. The van der Waals surface area contributed by atoms with Gasteiger partial charge in [-0.05, 0) is 12.2 Å². The van der Waals surface area contributed by atoms with E-state index in [1.165, 1.54) is 24.3 Å². The Bertz CT molecular complexity index is 81.7. The zero-order chi connectivity index (χ0) is 7.23. The molecular formula is C7H15NS2. The highest BCUT2D eigenvalue weighted by Gasteiger charge is 2.13. The summed E-state index contributed by atoms with van der Waals surface area (Å²) < 4.78 is 0. The first-order valence-corrected chi connectivity index (χ1v) is 6.06. The largest absolute Gasteiger partial charge is 0.296 e. The van der Waals surface area contributed by atoms with Crippen LogP contribution >= 0.6 is 23.5 Å². The molecule has 0 aromatic heterocycles. The van der Waals surface area contributed by atoms with Gasteiger partial charge in [-0.1, -0.05) is 13.3 Å². The molecule has 0 spiro atoms. The molecule has 1 rings (SSSR count). The van der Waals surface area contributed by atoms with Crippen LogP contribution in [0.25, 0.3) is 0 Å². The predicted molar refractivity (Wildman–Crippen MR) is 51.6 cm³/mol. The van der Waals surface area contributed by atoms with Crippen molar-refractivity contribution in [3.63, 3.8) is 0 Å². The molecule has 3 heteroatoms. The molecule has 1 unspecified atom stereocenters. The minimum atomic E-state index is 0.747. The van der Waals surface area contributed by atoms with Crippen molar-refractivity contribution in [1.82, 2.24) is 5.32 Å². The number of nitrogens with one attached hydrogen (secondary N) is 1. The third kappa shape index (κ3) is 3.17. The highest BCUT2D eigenvalue weighted by atomic mass is 32.2. The summed E-state index contributed by atoms with van der Waals surface area (Å²) in [5, 5.41) is 4.19. The smallest absolute Gasteiger partial charge is 0.0630 e. The third-order valence-electron chi connectivity index (χ3n) is 1.50. The van der Waals surface area contributed by atoms with Gasteiger partial charge in [-0.15, -0.1) is 23.5 Å². The molecule has 1 aliphatic rings. The zero-order valence-corrected chi connectivity index (χ0v) is 8.06. The Morgan fingerprint density at radius 3 is 3.20 bits per heavy atom. The average Bonchev–Trinajstić information content (AvgIpc) is 2.41. The summed E-state index contributed by atoms with van der Waals surface area (Å²) in [5.74, 6) is 3.78. The number of hydrogen-bond donors (Lipinski definition) is 1. The van der Waals surface area contributed by atoms with E-state index >= 15 is 0 Å². The Morgan fingerprint density at radius 2 is 2.60 bits per heavy atom. The van der Waals surface area contributed by atoms with E-state index < -0.39 is 0 Å². The molecule has 0 saturated carbocycles. The van der Waals surface area contributed by atoms with Gasteiger partial charge in [0, 0.05) is 11.6 Å². The minimum absolute atomic E-state index is 0.747. The van der Waals surface area contributed by atoms with E-state index in [1.54, 1.807) is 0 Å². The van der Waals surface area contributed by atoms with Gasteiger partial charge in [0.15, 0.2) is 0 Å². The first-order valence-electron chi connectivity index (χ1n) is 3.86. The second kappa shape index (κ2) is 5.33. The number of thioether (sulfide) groups is 2. The molecule has 1 saturated heterocycles. The molecule has 1 heterocycles. The Balaban J connectivity index is 1.91. The lowest BCUT2D eigenvalue weighted by Gasteiger charge is -2.06. The first kappa shape index (κ1) is 8.75. The standard InChI is InChI=1S/C7H15NS2/c1-2-3-4-10-7-5-9-6-8-7/h7-8H,2-6H2,1H3. The summed E-state index contributed by atoms with van der Waals surface area (Å²) >= 11 is 4.08. The number of unbranched alkanes of at least 4 members (excludes halogenated alkanes) is 1. The maximum Gasteiger partial charge on any atom is 0.0630 e. The van der Waals surface area contributed by atoms with Crippen molar-refractivity contribution < 1.29 is 0 Å². The van der Waals surface area contributed by atoms with E-state index in [4.69, 9.17) is 0 Å². The Labute approximate surface area is 71.7 Å². The lowest BCUT2D eigenvalue weighted by molar-refractivity contribution is 0.821. The van der Waals surface area contributed by atoms with E-state index in [1.807, 2.05) is 11.8 Å². The van der Waals surface area contributed by atoms with Crippen molar-refractivity contribution in [2.45, 2.75) is 25.1 Å². The van der Waals surface area contributed by atoms with Gasteiger partial charge in [0.25, 0.3) is 0 Å². The van der Waals surface area contributed by atoms with Gasteiger partial charge in [-0.25, -0.2) is 0 Å².